The van der Waals surface area contributed by atoms with E-state index in [0.717, 1.165) is 22.5 Å². The Balaban J connectivity index is 0.000000193. The maximum atomic E-state index is 12.6. The normalized spacial score (nSPS) is 10.6. The highest BCUT2D eigenvalue weighted by Crippen LogP contribution is 2.39. The van der Waals surface area contributed by atoms with Crippen molar-refractivity contribution in [1.29, 1.82) is 0 Å². The van der Waals surface area contributed by atoms with Gasteiger partial charge in [-0.05, 0) is 44.2 Å². The molecule has 0 amide bonds. The van der Waals surface area contributed by atoms with Crippen LogP contribution in [0.5, 0.6) is 11.5 Å². The van der Waals surface area contributed by atoms with Crippen LogP contribution in [0, 0.1) is 13.8 Å². The van der Waals surface area contributed by atoms with Gasteiger partial charge in [0.2, 0.25) is 0 Å². The molecule has 6 aromatic heterocycles. The number of rotatable bonds is 14. The third kappa shape index (κ3) is 11.8. The van der Waals surface area contributed by atoms with Crippen LogP contribution in [0.2, 0.25) is 5.15 Å². The van der Waals surface area contributed by atoms with Gasteiger partial charge < -0.3 is 31.2 Å². The standard InChI is InChI=1S/C23H26N8O2.C18H18ClN5O2.C5H9N3/c1-6-19(32)16-12-24-20(27-21-10-14(2)31(4)28-21)11-18(16)26-17-9-7-8-15(22(17)33-5)23-25-13-30(3)29-23;1-4-15(25)12-9-20-16(19)8-14(12)22-13-7-5-6-11(17(13)26-3)18-21-10-24(2)23-18;1-4-3-5(6)7-8(4)2/h7-13H,6H2,1-5H3,(H2,24,26,27,28);5-10H,4H2,1-3H3,(H,20,22);3H,1-2H3,(H2,6,7). The predicted octanol–water partition coefficient (Wildman–Crippen LogP) is 8.19. The van der Waals surface area contributed by atoms with Crippen molar-refractivity contribution < 1.29 is 19.1 Å². The summed E-state index contributed by atoms with van der Waals surface area (Å²) in [6.45, 7) is 7.55. The van der Waals surface area contributed by atoms with E-state index in [-0.39, 0.29) is 11.6 Å². The van der Waals surface area contributed by atoms with Crippen LogP contribution in [0.4, 0.5) is 40.2 Å². The van der Waals surface area contributed by atoms with E-state index in [4.69, 9.17) is 26.8 Å². The molecule has 21 heteroatoms. The number of hydrogen-bond donors (Lipinski definition) is 4. The lowest BCUT2D eigenvalue weighted by atomic mass is 10.1. The quantitative estimate of drug-likeness (QED) is 0.0594. The minimum Gasteiger partial charge on any atom is -0.494 e. The number of para-hydroxylation sites is 2. The number of aromatic nitrogens is 12. The van der Waals surface area contributed by atoms with Gasteiger partial charge in [-0.2, -0.15) is 20.4 Å². The Hall–Kier alpha value is -8.13. The van der Waals surface area contributed by atoms with Crippen molar-refractivity contribution in [2.45, 2.75) is 40.5 Å². The highest BCUT2D eigenvalue weighted by Gasteiger charge is 2.20. The highest BCUT2D eigenvalue weighted by atomic mass is 35.5. The maximum Gasteiger partial charge on any atom is 0.184 e. The molecule has 6 heterocycles. The minimum absolute atomic E-state index is 0.0215. The lowest BCUT2D eigenvalue weighted by molar-refractivity contribution is 0.0980. The van der Waals surface area contributed by atoms with Crippen LogP contribution < -0.4 is 31.2 Å². The van der Waals surface area contributed by atoms with Crippen LogP contribution >= 0.6 is 11.6 Å². The number of halogens is 1. The van der Waals surface area contributed by atoms with Crippen molar-refractivity contribution in [2.24, 2.45) is 28.2 Å². The van der Waals surface area contributed by atoms with E-state index in [1.165, 1.54) is 6.20 Å². The minimum atomic E-state index is -0.0295. The van der Waals surface area contributed by atoms with Gasteiger partial charge in [-0.3, -0.25) is 28.3 Å². The van der Waals surface area contributed by atoms with Crippen molar-refractivity contribution in [1.82, 2.24) is 59.1 Å². The van der Waals surface area contributed by atoms with Gasteiger partial charge in [0.05, 0.1) is 59.2 Å². The molecule has 0 saturated heterocycles. The molecule has 0 aliphatic heterocycles. The molecule has 0 saturated carbocycles. The fraction of sp³-hybridized carbons (Fsp3) is 0.261. The molecular formula is C46H53ClN16O4. The summed E-state index contributed by atoms with van der Waals surface area (Å²) in [5, 5.41) is 27.1. The van der Waals surface area contributed by atoms with Gasteiger partial charge in [0.25, 0.3) is 0 Å². The van der Waals surface area contributed by atoms with Crippen LogP contribution in [-0.2, 0) is 28.2 Å². The van der Waals surface area contributed by atoms with E-state index in [9.17, 15) is 9.59 Å². The SMILES string of the molecule is CCC(=O)c1cnc(Cl)cc1Nc1cccc(-c2ncn(C)n2)c1OC.CCC(=O)c1cnc(Nc2cc(C)n(C)n2)cc1Nc1cccc(-c2ncn(C)n2)c1OC.Cc1cc(N)nn1C. The summed E-state index contributed by atoms with van der Waals surface area (Å²) in [7, 11) is 10.5. The van der Waals surface area contributed by atoms with Crippen molar-refractivity contribution in [2.75, 3.05) is 35.9 Å². The summed E-state index contributed by atoms with van der Waals surface area (Å²) in [6, 6.07) is 18.4. The fourth-order valence-corrected chi connectivity index (χ4v) is 6.76. The van der Waals surface area contributed by atoms with E-state index in [1.54, 1.807) is 77.9 Å². The number of hydrogen-bond acceptors (Lipinski definition) is 16. The van der Waals surface area contributed by atoms with Gasteiger partial charge >= 0.3 is 0 Å². The summed E-state index contributed by atoms with van der Waals surface area (Å²) >= 11 is 6.02. The third-order valence-corrected chi connectivity index (χ3v) is 10.4. The Morgan fingerprint density at radius 2 is 1.10 bits per heavy atom. The summed E-state index contributed by atoms with van der Waals surface area (Å²) in [5.41, 5.74) is 12.4. The molecule has 0 spiro atoms. The lowest BCUT2D eigenvalue weighted by Crippen LogP contribution is -2.07. The molecule has 2 aromatic carbocycles. The Morgan fingerprint density at radius 3 is 1.51 bits per heavy atom. The topological polar surface area (TPSA) is 238 Å². The molecule has 0 aliphatic rings. The van der Waals surface area contributed by atoms with E-state index in [1.807, 2.05) is 90.4 Å². The van der Waals surface area contributed by atoms with E-state index >= 15 is 0 Å². The van der Waals surface area contributed by atoms with Crippen molar-refractivity contribution in [3.05, 3.63) is 113 Å². The molecule has 8 rings (SSSR count). The summed E-state index contributed by atoms with van der Waals surface area (Å²) in [5.74, 6) is 4.01. The maximum absolute atomic E-state index is 12.6. The molecule has 0 unspecified atom stereocenters. The molecular weight excluding hydrogens is 876 g/mol. The largest absolute Gasteiger partial charge is 0.494 e. The van der Waals surface area contributed by atoms with Crippen LogP contribution in [-0.4, -0.2) is 84.8 Å². The average molecular weight is 929 g/mol. The molecule has 0 radical (unpaired) electrons. The zero-order valence-corrected chi connectivity index (χ0v) is 39.7. The second-order valence-corrected chi connectivity index (χ2v) is 15.4. The Morgan fingerprint density at radius 1 is 0.612 bits per heavy atom. The number of nitrogen functional groups attached to an aromatic ring is 1. The number of methoxy groups -OCH3 is 2. The number of nitrogens with two attached hydrogens (primary N) is 1. The van der Waals surface area contributed by atoms with Crippen LogP contribution in [0.1, 0.15) is 58.8 Å². The molecule has 20 nitrogen and oxygen atoms in total. The number of carbonyl (C=O) groups excluding carboxylic acids is 2. The zero-order chi connectivity index (χ0) is 48.4. The van der Waals surface area contributed by atoms with Gasteiger partial charge in [0.1, 0.15) is 29.4 Å². The molecule has 5 N–H and O–H groups in total. The highest BCUT2D eigenvalue weighted by molar-refractivity contribution is 6.29. The van der Waals surface area contributed by atoms with Gasteiger partial charge in [-0.25, -0.2) is 19.9 Å². The first kappa shape index (κ1) is 48.3. The number of anilines is 7. The van der Waals surface area contributed by atoms with Gasteiger partial charge in [-0.15, -0.1) is 0 Å². The van der Waals surface area contributed by atoms with E-state index in [2.05, 4.69) is 56.3 Å². The number of pyridine rings is 2. The smallest absolute Gasteiger partial charge is 0.184 e. The Kier molecular flexibility index (Phi) is 15.7. The predicted molar refractivity (Wildman–Crippen MR) is 259 cm³/mol. The number of nitrogens with one attached hydrogen (secondary N) is 3. The number of Topliss-reactive ketones (excluding diaryl/α,β-unsaturated/α-hetero) is 2. The first-order valence-electron chi connectivity index (χ1n) is 21.0. The number of aryl methyl sites for hydroxylation is 6. The summed E-state index contributed by atoms with van der Waals surface area (Å²) in [6.07, 6.45) is 7.03. The van der Waals surface area contributed by atoms with Crippen molar-refractivity contribution >= 4 is 63.4 Å². The number of ether oxygens (including phenoxy) is 2. The molecule has 0 atom stereocenters. The first-order chi connectivity index (χ1) is 32.1. The Labute approximate surface area is 392 Å². The number of ketones is 2. The zero-order valence-electron chi connectivity index (χ0n) is 39.0. The van der Waals surface area contributed by atoms with Crippen LogP contribution in [0.25, 0.3) is 22.8 Å². The van der Waals surface area contributed by atoms with Crippen molar-refractivity contribution in [3.63, 3.8) is 0 Å². The third-order valence-electron chi connectivity index (χ3n) is 10.2. The van der Waals surface area contributed by atoms with Crippen LogP contribution in [0.15, 0.2) is 85.7 Å². The fourth-order valence-electron chi connectivity index (χ4n) is 6.61. The molecule has 348 valence electrons. The molecule has 8 aromatic rings. The second kappa shape index (κ2) is 21.7. The molecule has 0 fully saturated rings. The Bertz CT molecular complexity index is 2970. The summed E-state index contributed by atoms with van der Waals surface area (Å²) < 4.78 is 18.1. The summed E-state index contributed by atoms with van der Waals surface area (Å²) in [4.78, 5) is 41.9. The monoisotopic (exact) mass is 928 g/mol. The van der Waals surface area contributed by atoms with E-state index < -0.39 is 0 Å². The first-order valence-corrected chi connectivity index (χ1v) is 21.4. The van der Waals surface area contributed by atoms with Gasteiger partial charge in [0.15, 0.2) is 40.5 Å². The number of carbonyl (C=O) groups is 2. The molecule has 67 heavy (non-hydrogen) atoms. The van der Waals surface area contributed by atoms with E-state index in [0.29, 0.717) is 92.5 Å². The second-order valence-electron chi connectivity index (χ2n) is 15.0. The van der Waals surface area contributed by atoms with Gasteiger partial charge in [0, 0.05) is 83.0 Å². The van der Waals surface area contributed by atoms with Crippen LogP contribution in [0.3, 0.4) is 0 Å². The molecule has 0 aliphatic carbocycles. The average Bonchev–Trinajstić information content (AvgIpc) is 4.10. The van der Waals surface area contributed by atoms with Crippen molar-refractivity contribution in [3.8, 4) is 34.3 Å². The molecule has 0 bridgehead atoms. The number of nitrogens with zero attached hydrogens (tertiary/aromatic N) is 12. The van der Waals surface area contributed by atoms with Gasteiger partial charge in [-0.1, -0.05) is 37.6 Å². The lowest BCUT2D eigenvalue weighted by Gasteiger charge is -2.16. The number of benzene rings is 2.